The fraction of sp³-hybridized carbons (Fsp3) is 0.150. The molecule has 4 rings (SSSR count). The van der Waals surface area contributed by atoms with Gasteiger partial charge in [0.25, 0.3) is 0 Å². The maximum atomic E-state index is 11.9. The molecular weight excluding hydrogens is 376 g/mol. The quantitative estimate of drug-likeness (QED) is 0.315. The zero-order valence-corrected chi connectivity index (χ0v) is 16.2. The van der Waals surface area contributed by atoms with Gasteiger partial charge >= 0.3 is 5.63 Å². The summed E-state index contributed by atoms with van der Waals surface area (Å²) in [6, 6.07) is 14.8. The number of fused-ring (bicyclic) bond motifs is 1. The molecule has 2 heterocycles. The molecule has 4 aromatic rings. The van der Waals surface area contributed by atoms with Gasteiger partial charge in [0.15, 0.2) is 5.82 Å². The number of rotatable bonds is 5. The molecule has 2 N–H and O–H groups in total. The molecule has 0 radical (unpaired) electrons. The lowest BCUT2D eigenvalue weighted by molar-refractivity contribution is 0.414. The standard InChI is InChI=1S/C20H18N4O3S/c1-12-5-3-4-6-15(12)19-22-23-20(24(19)21)28-11-13-9-18(25)27-17-10-14(26-2)7-8-16(13)17/h3-10H,11,21H2,1-2H3. The number of nitrogens with zero attached hydrogens (tertiary/aromatic N) is 3. The SMILES string of the molecule is COc1ccc2c(CSc3nnc(-c4ccccc4C)n3N)cc(=O)oc2c1. The van der Waals surface area contributed by atoms with Gasteiger partial charge in [-0.3, -0.25) is 0 Å². The van der Waals surface area contributed by atoms with Gasteiger partial charge in [-0.15, -0.1) is 10.2 Å². The molecule has 2 aromatic heterocycles. The molecule has 0 bridgehead atoms. The number of hydrogen-bond acceptors (Lipinski definition) is 7. The number of benzene rings is 2. The Labute approximate surface area is 165 Å². The maximum Gasteiger partial charge on any atom is 0.336 e. The number of thioether (sulfide) groups is 1. The van der Waals surface area contributed by atoms with Gasteiger partial charge in [-0.2, -0.15) is 0 Å². The summed E-state index contributed by atoms with van der Waals surface area (Å²) in [7, 11) is 1.57. The lowest BCUT2D eigenvalue weighted by Gasteiger charge is -2.08. The molecule has 7 nitrogen and oxygen atoms in total. The Morgan fingerprint density at radius 1 is 1.18 bits per heavy atom. The molecule has 8 heteroatoms. The van der Waals surface area contributed by atoms with Gasteiger partial charge < -0.3 is 15.0 Å². The van der Waals surface area contributed by atoms with Crippen LogP contribution in [0.15, 0.2) is 62.9 Å². The van der Waals surface area contributed by atoms with Crippen molar-refractivity contribution in [2.75, 3.05) is 13.0 Å². The summed E-state index contributed by atoms with van der Waals surface area (Å²) >= 11 is 1.41. The van der Waals surface area contributed by atoms with Gasteiger partial charge in [-0.25, -0.2) is 9.47 Å². The molecule has 0 saturated carbocycles. The predicted octanol–water partition coefficient (Wildman–Crippen LogP) is 3.37. The summed E-state index contributed by atoms with van der Waals surface area (Å²) in [6.07, 6.45) is 0. The molecule has 0 amide bonds. The first kappa shape index (κ1) is 18.1. The van der Waals surface area contributed by atoms with Crippen molar-refractivity contribution in [3.05, 3.63) is 70.1 Å². The van der Waals surface area contributed by atoms with E-state index in [1.807, 2.05) is 43.3 Å². The number of hydrogen-bond donors (Lipinski definition) is 1. The minimum absolute atomic E-state index is 0.411. The smallest absolute Gasteiger partial charge is 0.336 e. The Balaban J connectivity index is 1.64. The average molecular weight is 394 g/mol. The van der Waals surface area contributed by atoms with E-state index in [1.165, 1.54) is 22.5 Å². The number of methoxy groups -OCH3 is 1. The van der Waals surface area contributed by atoms with Crippen LogP contribution in [-0.4, -0.2) is 22.0 Å². The first-order chi connectivity index (χ1) is 13.6. The molecule has 0 aliphatic rings. The fourth-order valence-corrected chi connectivity index (χ4v) is 3.83. The number of ether oxygens (including phenoxy) is 1. The van der Waals surface area contributed by atoms with Crippen LogP contribution in [-0.2, 0) is 5.75 Å². The highest BCUT2D eigenvalue weighted by molar-refractivity contribution is 7.98. The van der Waals surface area contributed by atoms with Gasteiger partial charge in [0.2, 0.25) is 5.16 Å². The molecule has 0 atom stereocenters. The molecule has 2 aromatic carbocycles. The van der Waals surface area contributed by atoms with E-state index in [0.717, 1.165) is 22.1 Å². The molecule has 0 spiro atoms. The number of nitrogen functional groups attached to an aromatic ring is 1. The largest absolute Gasteiger partial charge is 0.497 e. The van der Waals surface area contributed by atoms with Crippen LogP contribution in [0.3, 0.4) is 0 Å². The number of aromatic nitrogens is 3. The van der Waals surface area contributed by atoms with E-state index in [1.54, 1.807) is 13.2 Å². The Morgan fingerprint density at radius 2 is 2.00 bits per heavy atom. The Bertz CT molecular complexity index is 1220. The summed E-state index contributed by atoms with van der Waals surface area (Å²) < 4.78 is 12.0. The molecule has 28 heavy (non-hydrogen) atoms. The minimum atomic E-state index is -0.411. The lowest BCUT2D eigenvalue weighted by atomic mass is 10.1. The van der Waals surface area contributed by atoms with E-state index < -0.39 is 5.63 Å². The second-order valence-electron chi connectivity index (χ2n) is 6.23. The molecular formula is C20H18N4O3S. The lowest BCUT2D eigenvalue weighted by Crippen LogP contribution is -2.12. The van der Waals surface area contributed by atoms with Crippen LogP contribution in [0.1, 0.15) is 11.1 Å². The van der Waals surface area contributed by atoms with Gasteiger partial charge in [0.05, 0.1) is 7.11 Å². The fourth-order valence-electron chi connectivity index (χ4n) is 2.98. The van der Waals surface area contributed by atoms with Crippen molar-refractivity contribution in [2.45, 2.75) is 17.8 Å². The van der Waals surface area contributed by atoms with Crippen molar-refractivity contribution in [2.24, 2.45) is 0 Å². The van der Waals surface area contributed by atoms with E-state index >= 15 is 0 Å². The average Bonchev–Trinajstić information content (AvgIpc) is 3.06. The summed E-state index contributed by atoms with van der Waals surface area (Å²) in [4.78, 5) is 11.9. The number of aryl methyl sites for hydroxylation is 1. The Morgan fingerprint density at radius 3 is 2.79 bits per heavy atom. The highest BCUT2D eigenvalue weighted by Crippen LogP contribution is 2.29. The summed E-state index contributed by atoms with van der Waals surface area (Å²) in [6.45, 7) is 2.00. The van der Waals surface area contributed by atoms with Crippen LogP contribution in [0.5, 0.6) is 5.75 Å². The topological polar surface area (TPSA) is 96.2 Å². The second kappa shape index (κ2) is 7.40. The van der Waals surface area contributed by atoms with E-state index in [0.29, 0.717) is 28.1 Å². The second-order valence-corrected chi connectivity index (χ2v) is 7.18. The summed E-state index contributed by atoms with van der Waals surface area (Å²) in [5, 5.41) is 9.85. The Kier molecular flexibility index (Phi) is 4.79. The van der Waals surface area contributed by atoms with Crippen molar-refractivity contribution >= 4 is 22.7 Å². The van der Waals surface area contributed by atoms with E-state index in [2.05, 4.69) is 10.2 Å². The van der Waals surface area contributed by atoms with Crippen LogP contribution in [0.25, 0.3) is 22.4 Å². The first-order valence-electron chi connectivity index (χ1n) is 8.57. The molecule has 142 valence electrons. The van der Waals surface area contributed by atoms with E-state index in [9.17, 15) is 4.79 Å². The molecule has 0 aliphatic carbocycles. The highest BCUT2D eigenvalue weighted by Gasteiger charge is 2.15. The van der Waals surface area contributed by atoms with E-state index in [-0.39, 0.29) is 0 Å². The van der Waals surface area contributed by atoms with Crippen LogP contribution in [0, 0.1) is 6.92 Å². The van der Waals surface area contributed by atoms with Crippen molar-refractivity contribution in [1.82, 2.24) is 14.9 Å². The van der Waals surface area contributed by atoms with Crippen LogP contribution in [0.2, 0.25) is 0 Å². The van der Waals surface area contributed by atoms with Crippen LogP contribution < -0.4 is 16.2 Å². The predicted molar refractivity (Wildman–Crippen MR) is 109 cm³/mol. The van der Waals surface area contributed by atoms with Crippen LogP contribution >= 0.6 is 11.8 Å². The van der Waals surface area contributed by atoms with Gasteiger partial charge in [-0.1, -0.05) is 36.0 Å². The van der Waals surface area contributed by atoms with Gasteiger partial charge in [0.1, 0.15) is 11.3 Å². The third-order valence-corrected chi connectivity index (χ3v) is 5.44. The van der Waals surface area contributed by atoms with Gasteiger partial charge in [-0.05, 0) is 30.2 Å². The van der Waals surface area contributed by atoms with Crippen molar-refractivity contribution in [3.63, 3.8) is 0 Å². The zero-order valence-electron chi connectivity index (χ0n) is 15.4. The highest BCUT2D eigenvalue weighted by atomic mass is 32.2. The zero-order chi connectivity index (χ0) is 19.7. The van der Waals surface area contributed by atoms with Crippen LogP contribution in [0.4, 0.5) is 0 Å². The van der Waals surface area contributed by atoms with Crippen molar-refractivity contribution < 1.29 is 9.15 Å². The summed E-state index contributed by atoms with van der Waals surface area (Å²) in [5.74, 6) is 7.95. The van der Waals surface area contributed by atoms with E-state index in [4.69, 9.17) is 15.0 Å². The third-order valence-electron chi connectivity index (χ3n) is 4.44. The molecule has 0 unspecified atom stereocenters. The monoisotopic (exact) mass is 394 g/mol. The third kappa shape index (κ3) is 3.34. The molecule has 0 aliphatic heterocycles. The Hall–Kier alpha value is -3.26. The minimum Gasteiger partial charge on any atom is -0.497 e. The van der Waals surface area contributed by atoms with Gasteiger partial charge in [0, 0.05) is 28.8 Å². The molecule has 0 fully saturated rings. The van der Waals surface area contributed by atoms with Crippen molar-refractivity contribution in [1.29, 1.82) is 0 Å². The summed E-state index contributed by atoms with van der Waals surface area (Å²) in [5.41, 5.74) is 2.91. The maximum absolute atomic E-state index is 11.9. The molecule has 0 saturated heterocycles. The normalized spacial score (nSPS) is 11.1. The number of nitrogens with two attached hydrogens (primary N) is 1. The first-order valence-corrected chi connectivity index (χ1v) is 9.55. The van der Waals surface area contributed by atoms with Crippen molar-refractivity contribution in [3.8, 4) is 17.1 Å².